The zero-order valence-electron chi connectivity index (χ0n) is 15.0. The second-order valence-electron chi connectivity index (χ2n) is 5.45. The first-order valence-corrected chi connectivity index (χ1v) is 8.71. The molecule has 0 fully saturated rings. The van der Waals surface area contributed by atoms with E-state index in [0.29, 0.717) is 16.3 Å². The van der Waals surface area contributed by atoms with Gasteiger partial charge >= 0.3 is 0 Å². The molecule has 0 aliphatic rings. The van der Waals surface area contributed by atoms with E-state index in [0.717, 1.165) is 0 Å². The molecule has 0 radical (unpaired) electrons. The fourth-order valence-corrected chi connectivity index (χ4v) is 2.50. The van der Waals surface area contributed by atoms with Crippen LogP contribution in [0.1, 0.15) is 5.56 Å². The third kappa shape index (κ3) is 5.58. The van der Waals surface area contributed by atoms with Gasteiger partial charge in [0.25, 0.3) is 5.91 Å². The molecule has 1 N–H and O–H groups in total. The minimum Gasteiger partial charge on any atom is -0.494 e. The van der Waals surface area contributed by atoms with E-state index < -0.39 is 11.7 Å². The Morgan fingerprint density at radius 3 is 2.46 bits per heavy atom. The molecule has 2 rings (SSSR count). The molecule has 0 aliphatic carbocycles. The average molecular weight is 423 g/mol. The standard InChI is InChI=1S/C20H17Cl2FN2O3/c1-12(21)18(20(24-2)28-15-7-5-14(22)6-8-15)19(26)25-11-13-4-9-17(27-3)16(23)10-13/h4-10H,1-2,11H2,3H3,(H,25,26)/b20-18-. The van der Waals surface area contributed by atoms with Gasteiger partial charge in [-0.05, 0) is 48.7 Å². The first-order valence-electron chi connectivity index (χ1n) is 7.95. The average Bonchev–Trinajstić information content (AvgIpc) is 2.67. The summed E-state index contributed by atoms with van der Waals surface area (Å²) in [7, 11) is 1.37. The summed E-state index contributed by atoms with van der Waals surface area (Å²) in [5.74, 6) is -0.772. The number of hydrogen-bond donors (Lipinski definition) is 1. The van der Waals surface area contributed by atoms with Crippen LogP contribution in [-0.2, 0) is 11.3 Å². The van der Waals surface area contributed by atoms with Crippen molar-refractivity contribution in [1.82, 2.24) is 5.32 Å². The van der Waals surface area contributed by atoms with Crippen molar-refractivity contribution in [2.75, 3.05) is 7.11 Å². The summed E-state index contributed by atoms with van der Waals surface area (Å²) in [6.07, 6.45) is 0. The van der Waals surface area contributed by atoms with Crippen LogP contribution >= 0.6 is 23.2 Å². The Morgan fingerprint density at radius 1 is 1.25 bits per heavy atom. The molecular formula is C20H17Cl2FN2O3. The lowest BCUT2D eigenvalue weighted by Gasteiger charge is -2.13. The van der Waals surface area contributed by atoms with Gasteiger partial charge in [-0.15, -0.1) is 0 Å². The van der Waals surface area contributed by atoms with Crippen molar-refractivity contribution in [1.29, 1.82) is 0 Å². The summed E-state index contributed by atoms with van der Waals surface area (Å²) in [5, 5.41) is 3.05. The normalized spacial score (nSPS) is 11.3. The van der Waals surface area contributed by atoms with E-state index in [1.807, 2.05) is 0 Å². The van der Waals surface area contributed by atoms with Crippen LogP contribution in [-0.4, -0.2) is 19.7 Å². The highest BCUT2D eigenvalue weighted by Crippen LogP contribution is 2.24. The number of carbonyl (C=O) groups excluding carboxylic acids is 1. The highest BCUT2D eigenvalue weighted by Gasteiger charge is 2.19. The van der Waals surface area contributed by atoms with Crippen molar-refractivity contribution in [2.24, 2.45) is 4.99 Å². The van der Waals surface area contributed by atoms with Crippen LogP contribution < -0.4 is 14.8 Å². The number of methoxy groups -OCH3 is 1. The van der Waals surface area contributed by atoms with E-state index in [2.05, 4.69) is 23.6 Å². The molecule has 28 heavy (non-hydrogen) atoms. The molecule has 0 bridgehead atoms. The molecule has 0 atom stereocenters. The first-order chi connectivity index (χ1) is 13.3. The van der Waals surface area contributed by atoms with Crippen molar-refractivity contribution >= 4 is 35.8 Å². The minimum atomic E-state index is -0.604. The Hall–Kier alpha value is -2.83. The van der Waals surface area contributed by atoms with Crippen LogP contribution in [0.25, 0.3) is 0 Å². The molecule has 146 valence electrons. The Balaban J connectivity index is 2.20. The number of rotatable bonds is 8. The Labute approximate surface area is 172 Å². The Kier molecular flexibility index (Phi) is 7.61. The summed E-state index contributed by atoms with van der Waals surface area (Å²) in [6.45, 7) is 7.02. The number of halogens is 3. The SMILES string of the molecule is C=N/C(Oc1ccc(Cl)cc1)=C(\C(=C)Cl)C(=O)NCc1ccc(OC)c(F)c1. The van der Waals surface area contributed by atoms with Gasteiger partial charge in [-0.2, -0.15) is 0 Å². The molecule has 2 aromatic carbocycles. The van der Waals surface area contributed by atoms with Crippen LogP contribution in [0, 0.1) is 5.82 Å². The van der Waals surface area contributed by atoms with Crippen molar-refractivity contribution in [3.8, 4) is 11.5 Å². The molecule has 0 unspecified atom stereocenters. The fourth-order valence-electron chi connectivity index (χ4n) is 2.20. The highest BCUT2D eigenvalue weighted by atomic mass is 35.5. The lowest BCUT2D eigenvalue weighted by Crippen LogP contribution is -2.26. The van der Waals surface area contributed by atoms with Crippen LogP contribution in [0.4, 0.5) is 4.39 Å². The van der Waals surface area contributed by atoms with E-state index in [4.69, 9.17) is 32.7 Å². The zero-order valence-corrected chi connectivity index (χ0v) is 16.5. The lowest BCUT2D eigenvalue weighted by molar-refractivity contribution is -0.117. The molecule has 0 heterocycles. The molecular weight excluding hydrogens is 406 g/mol. The number of amides is 1. The van der Waals surface area contributed by atoms with Gasteiger partial charge in [0.15, 0.2) is 11.6 Å². The van der Waals surface area contributed by atoms with Gasteiger partial charge < -0.3 is 14.8 Å². The number of nitrogens with zero attached hydrogens (tertiary/aromatic N) is 1. The van der Waals surface area contributed by atoms with Gasteiger partial charge in [-0.25, -0.2) is 9.38 Å². The minimum absolute atomic E-state index is 0.0405. The maximum Gasteiger partial charge on any atom is 0.258 e. The van der Waals surface area contributed by atoms with Gasteiger partial charge in [0.1, 0.15) is 11.3 Å². The second kappa shape index (κ2) is 9.92. The van der Waals surface area contributed by atoms with E-state index in [1.165, 1.54) is 19.2 Å². The molecule has 8 heteroatoms. The van der Waals surface area contributed by atoms with Crippen LogP contribution in [0.15, 0.2) is 70.5 Å². The van der Waals surface area contributed by atoms with Crippen molar-refractivity contribution in [3.05, 3.63) is 81.9 Å². The fraction of sp³-hybridized carbons (Fsp3) is 0.100. The highest BCUT2D eigenvalue weighted by molar-refractivity contribution is 6.35. The summed E-state index contributed by atoms with van der Waals surface area (Å²) < 4.78 is 24.2. The third-order valence-corrected chi connectivity index (χ3v) is 3.99. The predicted octanol–water partition coefficient (Wildman–Crippen LogP) is 4.85. The molecule has 0 aliphatic heterocycles. The topological polar surface area (TPSA) is 59.9 Å². The maximum atomic E-state index is 13.8. The summed E-state index contributed by atoms with van der Waals surface area (Å²) in [6, 6.07) is 10.8. The van der Waals surface area contributed by atoms with E-state index >= 15 is 0 Å². The number of aliphatic imine (C=N–C) groups is 1. The first kappa shape index (κ1) is 21.5. The Bertz CT molecular complexity index is 928. The Morgan fingerprint density at radius 2 is 1.93 bits per heavy atom. The van der Waals surface area contributed by atoms with E-state index in [1.54, 1.807) is 30.3 Å². The largest absolute Gasteiger partial charge is 0.494 e. The molecule has 0 spiro atoms. The quantitative estimate of drug-likeness (QED) is 0.286. The van der Waals surface area contributed by atoms with Crippen molar-refractivity contribution in [2.45, 2.75) is 6.54 Å². The monoisotopic (exact) mass is 422 g/mol. The van der Waals surface area contributed by atoms with Gasteiger partial charge in [0.2, 0.25) is 5.88 Å². The summed E-state index contributed by atoms with van der Waals surface area (Å²) in [5.41, 5.74) is 0.429. The van der Waals surface area contributed by atoms with Crippen LogP contribution in [0.5, 0.6) is 11.5 Å². The number of hydrogen-bond acceptors (Lipinski definition) is 4. The molecule has 5 nitrogen and oxygen atoms in total. The van der Waals surface area contributed by atoms with Gasteiger partial charge in [-0.1, -0.05) is 35.8 Å². The van der Waals surface area contributed by atoms with Crippen molar-refractivity contribution < 1.29 is 18.7 Å². The van der Waals surface area contributed by atoms with Gasteiger partial charge in [-0.3, -0.25) is 4.79 Å². The van der Waals surface area contributed by atoms with Crippen LogP contribution in [0.2, 0.25) is 5.02 Å². The van der Waals surface area contributed by atoms with Gasteiger partial charge in [0, 0.05) is 11.6 Å². The third-order valence-electron chi connectivity index (χ3n) is 3.55. The molecule has 0 aromatic heterocycles. The van der Waals surface area contributed by atoms with Gasteiger partial charge in [0.05, 0.1) is 12.1 Å². The lowest BCUT2D eigenvalue weighted by atomic mass is 10.2. The van der Waals surface area contributed by atoms with Crippen molar-refractivity contribution in [3.63, 3.8) is 0 Å². The summed E-state index contributed by atoms with van der Waals surface area (Å²) in [4.78, 5) is 16.3. The molecule has 0 saturated carbocycles. The molecule has 0 saturated heterocycles. The van der Waals surface area contributed by atoms with E-state index in [9.17, 15) is 9.18 Å². The number of nitrogens with one attached hydrogen (secondary N) is 1. The maximum absolute atomic E-state index is 13.8. The molecule has 2 aromatic rings. The van der Waals surface area contributed by atoms with E-state index in [-0.39, 0.29) is 28.8 Å². The molecule has 1 amide bonds. The summed E-state index contributed by atoms with van der Waals surface area (Å²) >= 11 is 11.8. The zero-order chi connectivity index (χ0) is 20.7. The predicted molar refractivity (Wildman–Crippen MR) is 108 cm³/mol. The number of ether oxygens (including phenoxy) is 2. The van der Waals surface area contributed by atoms with Crippen LogP contribution in [0.3, 0.4) is 0 Å². The smallest absolute Gasteiger partial charge is 0.258 e. The number of carbonyl (C=O) groups is 1. The second-order valence-corrected chi connectivity index (χ2v) is 6.34. The number of benzene rings is 2.